The highest BCUT2D eigenvalue weighted by molar-refractivity contribution is 6.04. The van der Waals surface area contributed by atoms with Gasteiger partial charge in [0.1, 0.15) is 0 Å². The van der Waals surface area contributed by atoms with Gasteiger partial charge in [-0.1, -0.05) is 163 Å². The summed E-state index contributed by atoms with van der Waals surface area (Å²) in [4.78, 5) is 2.68. The number of hydrogen-bond donors (Lipinski definition) is 0. The lowest BCUT2D eigenvalue weighted by Gasteiger charge is -2.70. The molecule has 7 aliphatic rings. The second kappa shape index (κ2) is 11.5. The third-order valence-electron chi connectivity index (χ3n) is 17.9. The Balaban J connectivity index is 1.03. The smallest absolute Gasteiger partial charge is 0.0726 e. The highest BCUT2D eigenvalue weighted by atomic mass is 15.2. The van der Waals surface area contributed by atoms with Gasteiger partial charge in [0.05, 0.1) is 16.8 Å². The SMILES string of the molecule is Cc1ccc2c(c1)-c1ccc(C)cc1C21c2ccccc2-c2c(N(c3cccc(-c4ccccc4)c3)c3cccc4c3-c3ccccc3C43C4CC5CC6CC3[C@@]56C4)cccc21. The van der Waals surface area contributed by atoms with Crippen LogP contribution in [-0.4, -0.2) is 0 Å². The van der Waals surface area contributed by atoms with E-state index in [2.05, 4.69) is 195 Å². The van der Waals surface area contributed by atoms with Crippen LogP contribution in [-0.2, 0) is 10.8 Å². The van der Waals surface area contributed by atoms with E-state index in [1.807, 2.05) is 0 Å². The fraction of sp³-hybridized carbons (Fsp3) is 0.213. The summed E-state index contributed by atoms with van der Waals surface area (Å²) in [6.45, 7) is 4.49. The molecule has 8 aromatic rings. The molecule has 0 aromatic heterocycles. The van der Waals surface area contributed by atoms with E-state index in [0.29, 0.717) is 5.41 Å². The van der Waals surface area contributed by atoms with Crippen LogP contribution in [0, 0.1) is 42.9 Å². The molecule has 0 radical (unpaired) electrons. The van der Waals surface area contributed by atoms with Gasteiger partial charge < -0.3 is 4.90 Å². The Morgan fingerprint density at radius 3 is 1.84 bits per heavy atom. The number of nitrogens with zero attached hydrogens (tertiary/aromatic N) is 1. The van der Waals surface area contributed by atoms with Crippen molar-refractivity contribution >= 4 is 17.1 Å². The Hall–Kier alpha value is -6.44. The fourth-order valence-electron chi connectivity index (χ4n) is 15.9. The second-order valence-electron chi connectivity index (χ2n) is 20.1. The summed E-state index contributed by atoms with van der Waals surface area (Å²) in [6.07, 6.45) is 5.72. The topological polar surface area (TPSA) is 3.24 Å². The van der Waals surface area contributed by atoms with E-state index in [9.17, 15) is 0 Å². The Morgan fingerprint density at radius 2 is 1.03 bits per heavy atom. The molecule has 1 heteroatoms. The number of fused-ring (bicyclic) bond motifs is 18. The van der Waals surface area contributed by atoms with Crippen LogP contribution in [0.2, 0.25) is 0 Å². The minimum atomic E-state index is -0.429. The molecule has 0 heterocycles. The molecule has 0 saturated heterocycles. The quantitative estimate of drug-likeness (QED) is 0.172. The maximum atomic E-state index is 2.68. The standard InChI is InChI=1S/C61H47N/c1-36-26-28-50-47(29-36)44-27-25-37(2)30-53(44)61(50)49-20-9-7-18-46(49)58-52(61)22-12-24-55(58)62(43-16-10-15-39(31-43)38-13-4-3-5-14-38)54-23-11-21-51-57(54)45-17-6-8-19-48(45)60(51)42-33-40-32-41-34-56(60)59(40,41)35-42/h3-31,40-42,56H,32-35H2,1-2H3/t40?,41?,42?,56?,59-,60?,61?/m0/s1. The van der Waals surface area contributed by atoms with E-state index in [1.54, 1.807) is 11.1 Å². The third kappa shape index (κ3) is 3.75. The lowest BCUT2D eigenvalue weighted by Crippen LogP contribution is -2.65. The third-order valence-corrected chi connectivity index (χ3v) is 17.9. The number of anilines is 3. The van der Waals surface area contributed by atoms with Gasteiger partial charge in [-0.05, 0) is 160 Å². The van der Waals surface area contributed by atoms with Gasteiger partial charge in [0.15, 0.2) is 0 Å². The molecule has 7 atom stereocenters. The van der Waals surface area contributed by atoms with Crippen molar-refractivity contribution in [1.29, 1.82) is 0 Å². The molecule has 4 saturated carbocycles. The van der Waals surface area contributed by atoms with Gasteiger partial charge in [0.25, 0.3) is 0 Å². The van der Waals surface area contributed by atoms with Crippen molar-refractivity contribution in [3.63, 3.8) is 0 Å². The minimum absolute atomic E-state index is 0.107. The van der Waals surface area contributed by atoms with Crippen molar-refractivity contribution in [3.8, 4) is 44.5 Å². The van der Waals surface area contributed by atoms with Gasteiger partial charge >= 0.3 is 0 Å². The molecule has 0 amide bonds. The van der Waals surface area contributed by atoms with Gasteiger partial charge in [-0.3, -0.25) is 0 Å². The van der Waals surface area contributed by atoms with E-state index >= 15 is 0 Å². The fourth-order valence-corrected chi connectivity index (χ4v) is 15.9. The predicted octanol–water partition coefficient (Wildman–Crippen LogP) is 15.1. The molecule has 6 unspecified atom stereocenters. The van der Waals surface area contributed by atoms with E-state index < -0.39 is 5.41 Å². The molecule has 0 N–H and O–H groups in total. The maximum Gasteiger partial charge on any atom is 0.0726 e. The second-order valence-corrected chi connectivity index (χ2v) is 20.1. The molecule has 62 heavy (non-hydrogen) atoms. The van der Waals surface area contributed by atoms with E-state index in [-0.39, 0.29) is 5.41 Å². The normalized spacial score (nSPS) is 27.5. The molecule has 4 fully saturated rings. The first-order valence-corrected chi connectivity index (χ1v) is 23.2. The summed E-state index contributed by atoms with van der Waals surface area (Å²) >= 11 is 0. The Morgan fingerprint density at radius 1 is 0.419 bits per heavy atom. The summed E-state index contributed by atoms with van der Waals surface area (Å²) in [5, 5.41) is 0. The van der Waals surface area contributed by atoms with Crippen LogP contribution in [0.5, 0.6) is 0 Å². The highest BCUT2D eigenvalue weighted by Gasteiger charge is 2.82. The molecule has 296 valence electrons. The van der Waals surface area contributed by atoms with Crippen LogP contribution < -0.4 is 4.90 Å². The lowest BCUT2D eigenvalue weighted by atomic mass is 9.34. The van der Waals surface area contributed by atoms with E-state index in [4.69, 9.17) is 0 Å². The number of rotatable bonds is 4. The average Bonchev–Trinajstić information content (AvgIpc) is 4.06. The zero-order chi connectivity index (χ0) is 40.7. The monoisotopic (exact) mass is 793 g/mol. The number of benzene rings is 8. The largest absolute Gasteiger partial charge is 0.309 e. The van der Waals surface area contributed by atoms with Crippen LogP contribution >= 0.6 is 0 Å². The first-order chi connectivity index (χ1) is 30.5. The van der Waals surface area contributed by atoms with Crippen molar-refractivity contribution in [2.24, 2.45) is 29.1 Å². The zero-order valence-corrected chi connectivity index (χ0v) is 35.3. The summed E-state index contributed by atoms with van der Waals surface area (Å²) in [7, 11) is 0. The Kier molecular flexibility index (Phi) is 6.35. The molecule has 15 rings (SSSR count). The molecule has 0 aliphatic heterocycles. The minimum Gasteiger partial charge on any atom is -0.309 e. The molecule has 3 spiro atoms. The molecule has 1 nitrogen and oxygen atoms in total. The molecular formula is C61H47N. The first-order valence-electron chi connectivity index (χ1n) is 23.2. The van der Waals surface area contributed by atoms with E-state index in [0.717, 1.165) is 23.7 Å². The number of aryl methyl sites for hydroxylation is 2. The Bertz CT molecular complexity index is 3280. The van der Waals surface area contributed by atoms with Crippen LogP contribution in [0.25, 0.3) is 44.5 Å². The van der Waals surface area contributed by atoms with Crippen LogP contribution in [0.4, 0.5) is 17.1 Å². The molecular weight excluding hydrogens is 747 g/mol. The lowest BCUT2D eigenvalue weighted by molar-refractivity contribution is -0.193. The summed E-state index contributed by atoms with van der Waals surface area (Å²) in [5.74, 6) is 3.39. The highest BCUT2D eigenvalue weighted by Crippen LogP contribution is 2.88. The van der Waals surface area contributed by atoms with Crippen molar-refractivity contribution in [1.82, 2.24) is 0 Å². The first kappa shape index (κ1) is 34.2. The number of hydrogen-bond acceptors (Lipinski definition) is 1. The van der Waals surface area contributed by atoms with Gasteiger partial charge in [-0.2, -0.15) is 0 Å². The van der Waals surface area contributed by atoms with Crippen molar-refractivity contribution in [3.05, 3.63) is 220 Å². The van der Waals surface area contributed by atoms with Gasteiger partial charge in [0, 0.05) is 22.2 Å². The zero-order valence-electron chi connectivity index (χ0n) is 35.3. The molecule has 8 aromatic carbocycles. The molecule has 7 aliphatic carbocycles. The maximum absolute atomic E-state index is 2.68. The van der Waals surface area contributed by atoms with Gasteiger partial charge in [0.2, 0.25) is 0 Å². The Labute approximate surface area is 364 Å². The summed E-state index contributed by atoms with van der Waals surface area (Å²) in [6, 6.07) is 68.3. The average molecular weight is 794 g/mol. The van der Waals surface area contributed by atoms with Crippen LogP contribution in [0.15, 0.2) is 176 Å². The van der Waals surface area contributed by atoms with Gasteiger partial charge in [-0.25, -0.2) is 0 Å². The van der Waals surface area contributed by atoms with E-state index in [1.165, 1.54) is 121 Å². The van der Waals surface area contributed by atoms with Crippen molar-refractivity contribution in [2.75, 3.05) is 4.90 Å². The predicted molar refractivity (Wildman–Crippen MR) is 253 cm³/mol. The van der Waals surface area contributed by atoms with Gasteiger partial charge in [-0.15, -0.1) is 0 Å². The van der Waals surface area contributed by atoms with Crippen molar-refractivity contribution in [2.45, 2.75) is 50.4 Å². The van der Waals surface area contributed by atoms with Crippen LogP contribution in [0.1, 0.15) is 70.2 Å². The van der Waals surface area contributed by atoms with Crippen LogP contribution in [0.3, 0.4) is 0 Å². The summed E-state index contributed by atoms with van der Waals surface area (Å²) < 4.78 is 0. The molecule has 2 bridgehead atoms. The van der Waals surface area contributed by atoms with Crippen molar-refractivity contribution < 1.29 is 0 Å². The summed E-state index contributed by atoms with van der Waals surface area (Å²) in [5.41, 5.74) is 26.1.